The number of aromatic nitrogens is 2. The molecule has 0 radical (unpaired) electrons. The van der Waals surface area contributed by atoms with Gasteiger partial charge >= 0.3 is 0 Å². The molecule has 0 spiro atoms. The average Bonchev–Trinajstić information content (AvgIpc) is 3.32. The van der Waals surface area contributed by atoms with Crippen LogP contribution in [-0.2, 0) is 9.59 Å². The first-order valence-electron chi connectivity index (χ1n) is 10.8. The van der Waals surface area contributed by atoms with E-state index in [2.05, 4.69) is 25.6 Å². The maximum atomic E-state index is 12.3. The number of amides is 2. The average molecular weight is 468 g/mol. The lowest BCUT2D eigenvalue weighted by atomic mass is 10.1. The van der Waals surface area contributed by atoms with Gasteiger partial charge in [0.1, 0.15) is 11.5 Å². The van der Waals surface area contributed by atoms with Crippen LogP contribution in [0.25, 0.3) is 21.5 Å². The normalized spacial score (nSPS) is 10.7. The van der Waals surface area contributed by atoms with Crippen LogP contribution in [0.5, 0.6) is 11.5 Å². The van der Waals surface area contributed by atoms with E-state index in [4.69, 9.17) is 9.47 Å². The van der Waals surface area contributed by atoms with Crippen molar-refractivity contribution >= 4 is 45.0 Å². The van der Waals surface area contributed by atoms with E-state index in [-0.39, 0.29) is 24.8 Å². The van der Waals surface area contributed by atoms with Crippen LogP contribution in [0.3, 0.4) is 0 Å². The summed E-state index contributed by atoms with van der Waals surface area (Å²) in [6.07, 6.45) is 0. The van der Waals surface area contributed by atoms with Crippen molar-refractivity contribution in [1.29, 1.82) is 0 Å². The van der Waals surface area contributed by atoms with E-state index in [1.54, 1.807) is 12.1 Å². The Morgan fingerprint density at radius 2 is 1.06 bits per heavy atom. The number of rotatable bonds is 8. The van der Waals surface area contributed by atoms with E-state index in [9.17, 15) is 9.59 Å². The second kappa shape index (κ2) is 9.92. The van der Waals surface area contributed by atoms with Crippen LogP contribution in [0.2, 0.25) is 0 Å². The summed E-state index contributed by atoms with van der Waals surface area (Å²) in [7, 11) is 0. The van der Waals surface area contributed by atoms with Gasteiger partial charge < -0.3 is 20.1 Å². The smallest absolute Gasteiger partial charge is 0.263 e. The van der Waals surface area contributed by atoms with Gasteiger partial charge in [0.05, 0.1) is 0 Å². The summed E-state index contributed by atoms with van der Waals surface area (Å²) in [5, 5.41) is 16.4. The molecule has 0 unspecified atom stereocenters. The summed E-state index contributed by atoms with van der Waals surface area (Å²) >= 11 is 0. The van der Waals surface area contributed by atoms with E-state index in [1.165, 1.54) is 0 Å². The summed E-state index contributed by atoms with van der Waals surface area (Å²) in [6, 6.07) is 26.8. The molecule has 174 valence electrons. The molecule has 0 aliphatic carbocycles. The summed E-state index contributed by atoms with van der Waals surface area (Å²) in [5.41, 5.74) is 0. The van der Waals surface area contributed by atoms with Gasteiger partial charge in [0, 0.05) is 0 Å². The van der Waals surface area contributed by atoms with Gasteiger partial charge in [-0.25, -0.2) is 4.63 Å². The Bertz CT molecular complexity index is 1400. The van der Waals surface area contributed by atoms with Crippen LogP contribution >= 0.6 is 0 Å². The molecule has 1 heterocycles. The van der Waals surface area contributed by atoms with Crippen LogP contribution in [-0.4, -0.2) is 35.3 Å². The van der Waals surface area contributed by atoms with E-state index in [0.29, 0.717) is 11.5 Å². The van der Waals surface area contributed by atoms with E-state index >= 15 is 0 Å². The molecule has 0 saturated heterocycles. The van der Waals surface area contributed by atoms with E-state index in [1.807, 2.05) is 72.8 Å². The Kier molecular flexibility index (Phi) is 6.21. The van der Waals surface area contributed by atoms with Gasteiger partial charge in [0.25, 0.3) is 11.8 Å². The van der Waals surface area contributed by atoms with Crippen LogP contribution in [0.1, 0.15) is 0 Å². The van der Waals surface area contributed by atoms with Crippen molar-refractivity contribution in [2.45, 2.75) is 0 Å². The molecule has 0 atom stereocenters. The van der Waals surface area contributed by atoms with Crippen molar-refractivity contribution in [3.05, 3.63) is 84.9 Å². The summed E-state index contributed by atoms with van der Waals surface area (Å²) < 4.78 is 15.8. The number of nitrogens with zero attached hydrogens (tertiary/aromatic N) is 2. The minimum atomic E-state index is -0.489. The number of hydrogen-bond donors (Lipinski definition) is 2. The Labute approximate surface area is 199 Å². The van der Waals surface area contributed by atoms with Crippen LogP contribution in [0, 0.1) is 0 Å². The molecule has 0 bridgehead atoms. The Hall–Kier alpha value is -4.92. The third-order valence-corrected chi connectivity index (χ3v) is 5.19. The maximum absolute atomic E-state index is 12.3. The van der Waals surface area contributed by atoms with Crippen LogP contribution in [0.15, 0.2) is 89.6 Å². The molecule has 0 saturated carbocycles. The Balaban J connectivity index is 1.13. The second-order valence-corrected chi connectivity index (χ2v) is 7.65. The van der Waals surface area contributed by atoms with Gasteiger partial charge in [-0.15, -0.1) is 0 Å². The van der Waals surface area contributed by atoms with Gasteiger partial charge in [-0.3, -0.25) is 9.59 Å². The molecule has 9 heteroatoms. The summed E-state index contributed by atoms with van der Waals surface area (Å²) in [6.45, 7) is -0.521. The molecular formula is C26H20N4O5. The molecule has 1 aromatic heterocycles. The molecule has 5 aromatic rings. The first-order valence-corrected chi connectivity index (χ1v) is 10.8. The van der Waals surface area contributed by atoms with Crippen molar-refractivity contribution in [3.63, 3.8) is 0 Å². The highest BCUT2D eigenvalue weighted by atomic mass is 16.6. The first-order chi connectivity index (χ1) is 17.1. The second-order valence-electron chi connectivity index (χ2n) is 7.65. The Morgan fingerprint density at radius 1 is 0.629 bits per heavy atom. The molecule has 0 aliphatic rings. The monoisotopic (exact) mass is 468 g/mol. The van der Waals surface area contributed by atoms with E-state index < -0.39 is 11.8 Å². The largest absolute Gasteiger partial charge is 0.484 e. The zero-order chi connectivity index (χ0) is 24.0. The highest BCUT2D eigenvalue weighted by Gasteiger charge is 2.16. The SMILES string of the molecule is O=C(COc1ccc2ccccc2c1)Nc1nonc1NC(=O)COc1ccc2ccccc2c1. The molecule has 2 N–H and O–H groups in total. The highest BCUT2D eigenvalue weighted by Crippen LogP contribution is 2.22. The number of benzene rings is 4. The van der Waals surface area contributed by atoms with Gasteiger partial charge in [0.15, 0.2) is 13.2 Å². The molecule has 4 aromatic carbocycles. The first kappa shape index (κ1) is 21.9. The van der Waals surface area contributed by atoms with Crippen molar-refractivity contribution in [1.82, 2.24) is 10.3 Å². The lowest BCUT2D eigenvalue weighted by Crippen LogP contribution is -2.23. The standard InChI is InChI=1S/C26H20N4O5/c31-23(15-33-21-11-9-17-5-1-3-7-19(17)13-21)27-25-26(30-35-29-25)28-24(32)16-34-22-12-10-18-6-2-4-8-20(18)14-22/h1-14H,15-16H2,(H,27,29,31)(H,28,30,32). The van der Waals surface area contributed by atoms with Gasteiger partial charge in [0.2, 0.25) is 11.6 Å². The third kappa shape index (κ3) is 5.36. The fraction of sp³-hybridized carbons (Fsp3) is 0.0769. The van der Waals surface area contributed by atoms with Gasteiger partial charge in [-0.05, 0) is 56.1 Å². The lowest BCUT2D eigenvalue weighted by molar-refractivity contribution is -0.119. The zero-order valence-electron chi connectivity index (χ0n) is 18.4. The molecule has 2 amide bonds. The maximum Gasteiger partial charge on any atom is 0.263 e. The van der Waals surface area contributed by atoms with Crippen LogP contribution < -0.4 is 20.1 Å². The molecule has 5 rings (SSSR count). The van der Waals surface area contributed by atoms with Crippen molar-refractivity contribution in [3.8, 4) is 11.5 Å². The lowest BCUT2D eigenvalue weighted by Gasteiger charge is -2.09. The number of fused-ring (bicyclic) bond motifs is 2. The van der Waals surface area contributed by atoms with Gasteiger partial charge in [-0.1, -0.05) is 60.7 Å². The number of carbonyl (C=O) groups is 2. The molecule has 0 fully saturated rings. The number of anilines is 2. The topological polar surface area (TPSA) is 116 Å². The van der Waals surface area contributed by atoms with Crippen molar-refractivity contribution in [2.75, 3.05) is 23.8 Å². The molecule has 0 aliphatic heterocycles. The summed E-state index contributed by atoms with van der Waals surface area (Å²) in [4.78, 5) is 24.6. The van der Waals surface area contributed by atoms with Gasteiger partial charge in [-0.2, -0.15) is 0 Å². The third-order valence-electron chi connectivity index (χ3n) is 5.19. The molecule has 9 nitrogen and oxygen atoms in total. The fourth-order valence-corrected chi connectivity index (χ4v) is 3.50. The highest BCUT2D eigenvalue weighted by molar-refractivity contribution is 5.98. The predicted octanol–water partition coefficient (Wildman–Crippen LogP) is 4.41. The zero-order valence-corrected chi connectivity index (χ0v) is 18.4. The van der Waals surface area contributed by atoms with Crippen molar-refractivity contribution in [2.24, 2.45) is 0 Å². The van der Waals surface area contributed by atoms with Crippen molar-refractivity contribution < 1.29 is 23.7 Å². The molecule has 35 heavy (non-hydrogen) atoms. The number of carbonyl (C=O) groups excluding carboxylic acids is 2. The predicted molar refractivity (Wildman–Crippen MR) is 130 cm³/mol. The number of ether oxygens (including phenoxy) is 2. The minimum absolute atomic E-state index is 0.0313. The fourth-order valence-electron chi connectivity index (χ4n) is 3.50. The quantitative estimate of drug-likeness (QED) is 0.347. The summed E-state index contributed by atoms with van der Waals surface area (Å²) in [5.74, 6) is 0.0638. The van der Waals surface area contributed by atoms with Crippen LogP contribution in [0.4, 0.5) is 11.6 Å². The molecular weight excluding hydrogens is 448 g/mol. The Morgan fingerprint density at radius 3 is 1.51 bits per heavy atom. The van der Waals surface area contributed by atoms with E-state index in [0.717, 1.165) is 21.5 Å². The number of nitrogens with one attached hydrogen (secondary N) is 2. The minimum Gasteiger partial charge on any atom is -0.484 e. The number of hydrogen-bond acceptors (Lipinski definition) is 7.